The van der Waals surface area contributed by atoms with E-state index in [1.807, 2.05) is 0 Å². The molecule has 2 rings (SSSR count). The molecule has 13 heavy (non-hydrogen) atoms. The van der Waals surface area contributed by atoms with Crippen molar-refractivity contribution in [1.29, 1.82) is 0 Å². The molecule has 0 aliphatic heterocycles. The molecule has 0 aliphatic carbocycles. The van der Waals surface area contributed by atoms with Crippen molar-refractivity contribution in [1.82, 2.24) is 15.1 Å². The maximum absolute atomic E-state index is 10.3. The Hall–Kier alpha value is -2.04. The molecule has 5 nitrogen and oxygen atoms in total. The molecule has 0 spiro atoms. The molecule has 2 aromatic rings. The minimum absolute atomic E-state index is 0.414. The summed E-state index contributed by atoms with van der Waals surface area (Å²) in [5.41, 5.74) is 1.10. The van der Waals surface area contributed by atoms with Crippen LogP contribution in [0.3, 0.4) is 0 Å². The summed E-state index contributed by atoms with van der Waals surface area (Å²) < 4.78 is 4.55. The smallest absolute Gasteiger partial charge is 0.220 e. The van der Waals surface area contributed by atoms with Crippen LogP contribution in [-0.4, -0.2) is 21.4 Å². The zero-order valence-electron chi connectivity index (χ0n) is 6.54. The summed E-state index contributed by atoms with van der Waals surface area (Å²) in [4.78, 5) is 18.1. The molecule has 64 valence electrons. The number of hydrogen-bond donors (Lipinski definition) is 0. The largest absolute Gasteiger partial charge is 0.342 e. The standard InChI is InChI=1S/C8H5N3O2/c12-4-6-1-2-7(9-3-6)8-10-5-13-11-8/h1-5H. The first-order valence-electron chi connectivity index (χ1n) is 3.58. The van der Waals surface area contributed by atoms with E-state index in [1.54, 1.807) is 12.1 Å². The van der Waals surface area contributed by atoms with Crippen LogP contribution in [0.25, 0.3) is 11.5 Å². The molecule has 0 saturated carbocycles. The average Bonchev–Trinajstić information content (AvgIpc) is 2.71. The maximum atomic E-state index is 10.3. The Morgan fingerprint density at radius 2 is 2.23 bits per heavy atom. The van der Waals surface area contributed by atoms with Crippen LogP contribution in [0.1, 0.15) is 10.4 Å². The lowest BCUT2D eigenvalue weighted by Gasteiger charge is -1.92. The van der Waals surface area contributed by atoms with Crippen LogP contribution in [0.2, 0.25) is 0 Å². The van der Waals surface area contributed by atoms with Crippen LogP contribution in [-0.2, 0) is 0 Å². The second kappa shape index (κ2) is 3.14. The van der Waals surface area contributed by atoms with Crippen LogP contribution in [0.15, 0.2) is 29.2 Å². The molecule has 5 heteroatoms. The van der Waals surface area contributed by atoms with Gasteiger partial charge < -0.3 is 4.52 Å². The molecule has 0 atom stereocenters. The van der Waals surface area contributed by atoms with Gasteiger partial charge >= 0.3 is 0 Å². The van der Waals surface area contributed by atoms with Crippen LogP contribution in [0, 0.1) is 0 Å². The molecular formula is C8H5N3O2. The zero-order valence-corrected chi connectivity index (χ0v) is 6.54. The Labute approximate surface area is 73.4 Å². The van der Waals surface area contributed by atoms with Gasteiger partial charge in [-0.2, -0.15) is 4.98 Å². The Morgan fingerprint density at radius 1 is 1.31 bits per heavy atom. The molecule has 0 unspecified atom stereocenters. The molecule has 0 aromatic carbocycles. The van der Waals surface area contributed by atoms with Crippen molar-refractivity contribution >= 4 is 6.29 Å². The number of carbonyl (C=O) groups excluding carboxylic acids is 1. The van der Waals surface area contributed by atoms with Crippen LogP contribution in [0.4, 0.5) is 0 Å². The Morgan fingerprint density at radius 3 is 2.77 bits per heavy atom. The van der Waals surface area contributed by atoms with E-state index in [0.29, 0.717) is 17.1 Å². The molecule has 0 amide bonds. The highest BCUT2D eigenvalue weighted by atomic mass is 16.5. The number of hydrogen-bond acceptors (Lipinski definition) is 5. The SMILES string of the molecule is O=Cc1ccc(-c2ncon2)nc1. The minimum atomic E-state index is 0.414. The third-order valence-electron chi connectivity index (χ3n) is 1.51. The highest BCUT2D eigenvalue weighted by Crippen LogP contribution is 2.10. The second-order valence-electron chi connectivity index (χ2n) is 2.35. The van der Waals surface area contributed by atoms with Gasteiger partial charge in [-0.1, -0.05) is 5.16 Å². The Kier molecular flexibility index (Phi) is 1.84. The fourth-order valence-corrected chi connectivity index (χ4v) is 0.891. The summed E-state index contributed by atoms with van der Waals surface area (Å²) in [5, 5.41) is 3.61. The van der Waals surface area contributed by atoms with Gasteiger partial charge in [0.2, 0.25) is 12.2 Å². The summed E-state index contributed by atoms with van der Waals surface area (Å²) >= 11 is 0. The predicted molar refractivity (Wildman–Crippen MR) is 42.9 cm³/mol. The van der Waals surface area contributed by atoms with Gasteiger partial charge in [-0.3, -0.25) is 9.78 Å². The van der Waals surface area contributed by atoms with Gasteiger partial charge in [-0.15, -0.1) is 0 Å². The van der Waals surface area contributed by atoms with Crippen molar-refractivity contribution in [2.45, 2.75) is 0 Å². The number of nitrogens with zero attached hydrogens (tertiary/aromatic N) is 3. The monoisotopic (exact) mass is 175 g/mol. The summed E-state index contributed by atoms with van der Waals surface area (Å²) in [5.74, 6) is 0.414. The van der Waals surface area contributed by atoms with Crippen molar-refractivity contribution < 1.29 is 9.32 Å². The topological polar surface area (TPSA) is 68.9 Å². The molecule has 0 fully saturated rings. The molecule has 0 N–H and O–H groups in total. The van der Waals surface area contributed by atoms with Gasteiger partial charge in [0.15, 0.2) is 6.29 Å². The van der Waals surface area contributed by atoms with E-state index in [2.05, 4.69) is 19.6 Å². The normalized spacial score (nSPS) is 9.85. The first-order chi connectivity index (χ1) is 6.40. The van der Waals surface area contributed by atoms with Crippen molar-refractivity contribution in [3.63, 3.8) is 0 Å². The molecule has 0 saturated heterocycles. The number of carbonyl (C=O) groups is 1. The summed E-state index contributed by atoms with van der Waals surface area (Å²) in [7, 11) is 0. The molecule has 0 aliphatic rings. The first kappa shape index (κ1) is 7.60. The highest BCUT2D eigenvalue weighted by Gasteiger charge is 2.03. The van der Waals surface area contributed by atoms with Crippen LogP contribution < -0.4 is 0 Å². The van der Waals surface area contributed by atoms with Crippen LogP contribution >= 0.6 is 0 Å². The van der Waals surface area contributed by atoms with Gasteiger partial charge in [0, 0.05) is 11.8 Å². The Bertz CT molecular complexity index is 394. The third kappa shape index (κ3) is 1.44. The summed E-state index contributed by atoms with van der Waals surface area (Å²) in [6.07, 6.45) is 3.41. The number of aromatic nitrogens is 3. The lowest BCUT2D eigenvalue weighted by Crippen LogP contribution is -1.87. The molecule has 2 aromatic heterocycles. The van der Waals surface area contributed by atoms with Crippen molar-refractivity contribution in [3.8, 4) is 11.5 Å². The Balaban J connectivity index is 2.38. The fourth-order valence-electron chi connectivity index (χ4n) is 0.891. The van der Waals surface area contributed by atoms with E-state index in [0.717, 1.165) is 6.29 Å². The molecule has 0 bridgehead atoms. The first-order valence-corrected chi connectivity index (χ1v) is 3.58. The van der Waals surface area contributed by atoms with E-state index in [9.17, 15) is 4.79 Å². The van der Waals surface area contributed by atoms with Gasteiger partial charge in [0.05, 0.1) is 0 Å². The van der Waals surface area contributed by atoms with Crippen molar-refractivity contribution in [2.24, 2.45) is 0 Å². The van der Waals surface area contributed by atoms with E-state index < -0.39 is 0 Å². The lowest BCUT2D eigenvalue weighted by molar-refractivity contribution is 0.112. The number of rotatable bonds is 2. The predicted octanol–water partition coefficient (Wildman–Crippen LogP) is 0.944. The van der Waals surface area contributed by atoms with E-state index in [-0.39, 0.29) is 0 Å². The van der Waals surface area contributed by atoms with Gasteiger partial charge in [0.1, 0.15) is 5.69 Å². The van der Waals surface area contributed by atoms with Gasteiger partial charge in [-0.25, -0.2) is 0 Å². The zero-order chi connectivity index (χ0) is 9.10. The van der Waals surface area contributed by atoms with E-state index in [1.165, 1.54) is 12.6 Å². The fraction of sp³-hybridized carbons (Fsp3) is 0. The van der Waals surface area contributed by atoms with Crippen LogP contribution in [0.5, 0.6) is 0 Å². The lowest BCUT2D eigenvalue weighted by atomic mass is 10.2. The summed E-state index contributed by atoms with van der Waals surface area (Å²) in [6, 6.07) is 3.31. The maximum Gasteiger partial charge on any atom is 0.220 e. The molecule has 0 radical (unpaired) electrons. The van der Waals surface area contributed by atoms with Crippen molar-refractivity contribution in [3.05, 3.63) is 30.3 Å². The van der Waals surface area contributed by atoms with E-state index in [4.69, 9.17) is 0 Å². The van der Waals surface area contributed by atoms with Gasteiger partial charge in [-0.05, 0) is 12.1 Å². The van der Waals surface area contributed by atoms with Crippen molar-refractivity contribution in [2.75, 3.05) is 0 Å². The molecular weight excluding hydrogens is 170 g/mol. The minimum Gasteiger partial charge on any atom is -0.342 e. The second-order valence-corrected chi connectivity index (χ2v) is 2.35. The highest BCUT2D eigenvalue weighted by molar-refractivity contribution is 5.74. The average molecular weight is 175 g/mol. The van der Waals surface area contributed by atoms with E-state index >= 15 is 0 Å². The third-order valence-corrected chi connectivity index (χ3v) is 1.51. The van der Waals surface area contributed by atoms with Gasteiger partial charge in [0.25, 0.3) is 0 Å². The number of aldehydes is 1. The molecule has 2 heterocycles. The summed E-state index contributed by atoms with van der Waals surface area (Å²) in [6.45, 7) is 0. The quantitative estimate of drug-likeness (QED) is 0.635. The number of pyridine rings is 1.